The number of allylic oxidation sites excluding steroid dienone is 4. The molecule has 7 nitrogen and oxygen atoms in total. The van der Waals surface area contributed by atoms with Gasteiger partial charge in [-0.2, -0.15) is 14.6 Å². The number of ketones is 1. The van der Waals surface area contributed by atoms with Gasteiger partial charge in [-0.15, -0.1) is 0 Å². The molecule has 30 heavy (non-hydrogen) atoms. The molecule has 0 amide bonds. The Morgan fingerprint density at radius 2 is 2.00 bits per heavy atom. The average molecular weight is 420 g/mol. The SMILES string of the molecule is CCC(c1ccccc1)c1nn2c(N)c(/C=C3/C=CC(=O)C(OC)=C3)c(=O)nc2s1. The zero-order valence-electron chi connectivity index (χ0n) is 16.5. The normalized spacial score (nSPS) is 16.1. The molecule has 1 aliphatic carbocycles. The molecular weight excluding hydrogens is 400 g/mol. The Bertz CT molecular complexity index is 1270. The highest BCUT2D eigenvalue weighted by atomic mass is 32.1. The Kier molecular flexibility index (Phi) is 5.33. The fourth-order valence-electron chi connectivity index (χ4n) is 3.35. The first-order valence-electron chi connectivity index (χ1n) is 9.45. The lowest BCUT2D eigenvalue weighted by atomic mass is 9.97. The van der Waals surface area contributed by atoms with E-state index in [2.05, 4.69) is 29.1 Å². The molecule has 0 fully saturated rings. The summed E-state index contributed by atoms with van der Waals surface area (Å²) in [4.78, 5) is 29.0. The van der Waals surface area contributed by atoms with Gasteiger partial charge in [0.25, 0.3) is 5.56 Å². The van der Waals surface area contributed by atoms with Crippen molar-refractivity contribution in [2.75, 3.05) is 12.8 Å². The second kappa shape index (κ2) is 8.08. The van der Waals surface area contributed by atoms with Crippen LogP contribution < -0.4 is 11.3 Å². The van der Waals surface area contributed by atoms with E-state index in [0.29, 0.717) is 10.5 Å². The molecule has 0 bridgehead atoms. The molecule has 1 unspecified atom stereocenters. The summed E-state index contributed by atoms with van der Waals surface area (Å²) in [5.41, 5.74) is 7.85. The summed E-state index contributed by atoms with van der Waals surface area (Å²) in [6, 6.07) is 10.1. The Morgan fingerprint density at radius 1 is 1.23 bits per heavy atom. The molecule has 0 radical (unpaired) electrons. The third-order valence-electron chi connectivity index (χ3n) is 4.91. The van der Waals surface area contributed by atoms with Crippen LogP contribution in [-0.2, 0) is 9.53 Å². The van der Waals surface area contributed by atoms with E-state index in [4.69, 9.17) is 10.5 Å². The molecule has 8 heteroatoms. The second-order valence-corrected chi connectivity index (χ2v) is 7.76. The van der Waals surface area contributed by atoms with Crippen molar-refractivity contribution in [2.45, 2.75) is 19.3 Å². The number of hydrogen-bond donors (Lipinski definition) is 1. The van der Waals surface area contributed by atoms with Gasteiger partial charge >= 0.3 is 0 Å². The number of benzene rings is 1. The number of hydrogen-bond acceptors (Lipinski definition) is 7. The third-order valence-corrected chi connectivity index (χ3v) is 5.94. The second-order valence-electron chi connectivity index (χ2n) is 6.78. The lowest BCUT2D eigenvalue weighted by molar-refractivity contribution is -0.114. The van der Waals surface area contributed by atoms with Gasteiger partial charge in [0.15, 0.2) is 5.76 Å². The number of carbonyl (C=O) groups excluding carboxylic acids is 1. The molecule has 2 heterocycles. The monoisotopic (exact) mass is 420 g/mol. The maximum absolute atomic E-state index is 12.6. The van der Waals surface area contributed by atoms with E-state index in [9.17, 15) is 9.59 Å². The van der Waals surface area contributed by atoms with Crippen LogP contribution in [0.15, 0.2) is 64.7 Å². The number of nitrogens with zero attached hydrogens (tertiary/aromatic N) is 3. The topological polar surface area (TPSA) is 99.6 Å². The van der Waals surface area contributed by atoms with Crippen LogP contribution in [0.25, 0.3) is 11.0 Å². The maximum atomic E-state index is 12.6. The van der Waals surface area contributed by atoms with Crippen LogP contribution in [0.5, 0.6) is 0 Å². The highest BCUT2D eigenvalue weighted by molar-refractivity contribution is 7.16. The quantitative estimate of drug-likeness (QED) is 0.680. The van der Waals surface area contributed by atoms with E-state index in [-0.39, 0.29) is 28.8 Å². The molecule has 0 saturated heterocycles. The van der Waals surface area contributed by atoms with Crippen LogP contribution in [0, 0.1) is 0 Å². The van der Waals surface area contributed by atoms with Gasteiger partial charge in [-0.1, -0.05) is 54.7 Å². The lowest BCUT2D eigenvalue weighted by Gasteiger charge is -2.11. The number of aromatic nitrogens is 3. The number of carbonyl (C=O) groups is 1. The van der Waals surface area contributed by atoms with Crippen LogP contribution in [0.2, 0.25) is 0 Å². The first-order chi connectivity index (χ1) is 14.5. The predicted molar refractivity (Wildman–Crippen MR) is 117 cm³/mol. The number of methoxy groups -OCH3 is 1. The van der Waals surface area contributed by atoms with Crippen molar-refractivity contribution in [3.8, 4) is 0 Å². The summed E-state index contributed by atoms with van der Waals surface area (Å²) in [5, 5.41) is 5.51. The van der Waals surface area contributed by atoms with Crippen molar-refractivity contribution >= 4 is 34.0 Å². The first-order valence-corrected chi connectivity index (χ1v) is 10.3. The zero-order chi connectivity index (χ0) is 21.3. The highest BCUT2D eigenvalue weighted by Crippen LogP contribution is 2.31. The number of anilines is 1. The molecule has 152 valence electrons. The molecule has 4 rings (SSSR count). The number of rotatable bonds is 5. The Hall–Kier alpha value is -3.52. The molecule has 1 atom stereocenters. The molecule has 0 spiro atoms. The van der Waals surface area contributed by atoms with Crippen LogP contribution >= 0.6 is 11.3 Å². The maximum Gasteiger partial charge on any atom is 0.283 e. The Balaban J connectivity index is 1.80. The van der Waals surface area contributed by atoms with Crippen molar-refractivity contribution < 1.29 is 9.53 Å². The summed E-state index contributed by atoms with van der Waals surface area (Å²) in [6.45, 7) is 2.09. The molecule has 0 aliphatic heterocycles. The minimum atomic E-state index is -0.444. The van der Waals surface area contributed by atoms with Gasteiger partial charge in [-0.3, -0.25) is 9.59 Å². The lowest BCUT2D eigenvalue weighted by Crippen LogP contribution is -2.17. The Labute approximate surface area is 176 Å². The van der Waals surface area contributed by atoms with Crippen LogP contribution in [0.3, 0.4) is 0 Å². The van der Waals surface area contributed by atoms with E-state index in [0.717, 1.165) is 17.0 Å². The van der Waals surface area contributed by atoms with Crippen molar-refractivity contribution in [3.05, 3.63) is 86.4 Å². The van der Waals surface area contributed by atoms with Crippen molar-refractivity contribution in [2.24, 2.45) is 0 Å². The Morgan fingerprint density at radius 3 is 2.70 bits per heavy atom. The third kappa shape index (κ3) is 3.57. The molecule has 0 saturated carbocycles. The molecule has 1 aromatic carbocycles. The van der Waals surface area contributed by atoms with Crippen molar-refractivity contribution in [1.29, 1.82) is 0 Å². The van der Waals surface area contributed by atoms with Crippen molar-refractivity contribution in [3.63, 3.8) is 0 Å². The summed E-state index contributed by atoms with van der Waals surface area (Å²) < 4.78 is 6.58. The van der Waals surface area contributed by atoms with Gasteiger partial charge in [0.05, 0.1) is 12.7 Å². The molecule has 2 N–H and O–H groups in total. The largest absolute Gasteiger partial charge is 0.493 e. The van der Waals surface area contributed by atoms with Gasteiger partial charge in [-0.05, 0) is 35.8 Å². The van der Waals surface area contributed by atoms with Crippen LogP contribution in [-0.4, -0.2) is 27.5 Å². The van der Waals surface area contributed by atoms with Gasteiger partial charge < -0.3 is 10.5 Å². The smallest absolute Gasteiger partial charge is 0.283 e. The highest BCUT2D eigenvalue weighted by Gasteiger charge is 2.20. The van der Waals surface area contributed by atoms with Gasteiger partial charge in [-0.25, -0.2) is 0 Å². The van der Waals surface area contributed by atoms with Gasteiger partial charge in [0, 0.05) is 5.92 Å². The number of nitrogen functional groups attached to an aromatic ring is 1. The van der Waals surface area contributed by atoms with E-state index >= 15 is 0 Å². The molecule has 3 aromatic rings. The summed E-state index contributed by atoms with van der Waals surface area (Å²) >= 11 is 1.36. The summed E-state index contributed by atoms with van der Waals surface area (Å²) in [7, 11) is 1.42. The first kappa shape index (κ1) is 19.8. The fourth-order valence-corrected chi connectivity index (χ4v) is 4.46. The fraction of sp³-hybridized carbons (Fsp3) is 0.182. The van der Waals surface area contributed by atoms with E-state index in [1.165, 1.54) is 29.0 Å². The zero-order valence-corrected chi connectivity index (χ0v) is 17.3. The summed E-state index contributed by atoms with van der Waals surface area (Å²) in [5.74, 6) is 0.263. The van der Waals surface area contributed by atoms with Gasteiger partial charge in [0.1, 0.15) is 10.8 Å². The van der Waals surface area contributed by atoms with E-state index < -0.39 is 5.56 Å². The molecule has 1 aliphatic rings. The standard InChI is InChI=1S/C22H20N4O3S/c1-3-15(14-7-5-4-6-8-14)21-25-26-19(23)16(20(28)24-22(26)30-21)11-13-9-10-17(27)18(12-13)29-2/h4-12,15H,3,23H2,1-2H3/b13-11-. The predicted octanol–water partition coefficient (Wildman–Crippen LogP) is 3.33. The van der Waals surface area contributed by atoms with Crippen LogP contribution in [0.4, 0.5) is 5.82 Å². The minimum Gasteiger partial charge on any atom is -0.493 e. The number of ether oxygens (including phenoxy) is 1. The number of nitrogens with two attached hydrogens (primary N) is 1. The molecule has 2 aromatic heterocycles. The minimum absolute atomic E-state index is 0.0914. The van der Waals surface area contributed by atoms with E-state index in [1.54, 1.807) is 18.2 Å². The van der Waals surface area contributed by atoms with Crippen LogP contribution in [0.1, 0.15) is 35.4 Å². The average Bonchev–Trinajstić information content (AvgIpc) is 3.17. The van der Waals surface area contributed by atoms with Gasteiger partial charge in [0.2, 0.25) is 10.7 Å². The number of fused-ring (bicyclic) bond motifs is 1. The van der Waals surface area contributed by atoms with Crippen molar-refractivity contribution in [1.82, 2.24) is 14.6 Å². The summed E-state index contributed by atoms with van der Waals surface area (Å²) in [6.07, 6.45) is 7.00. The van der Waals surface area contributed by atoms with E-state index in [1.807, 2.05) is 18.2 Å². The molecular formula is C22H20N4O3S.